The summed E-state index contributed by atoms with van der Waals surface area (Å²) in [6.07, 6.45) is 5.69. The number of benzene rings is 1. The number of para-hydroxylation sites is 1. The number of imide groups is 1. The number of carbonyl (C=O) groups excluding carboxylic acids is 4. The molecule has 0 unspecified atom stereocenters. The topological polar surface area (TPSA) is 108 Å². The Balaban J connectivity index is 1.59. The number of rotatable bonds is 7. The molecule has 1 aliphatic heterocycles. The average molecular weight is 398 g/mol. The quantitative estimate of drug-likeness (QED) is 0.483. The molecule has 1 aromatic rings. The summed E-state index contributed by atoms with van der Waals surface area (Å²) in [5.74, 6) is -0.937. The SMILES string of the molecule is C=CCNC(=O)c1ccccc1NC(=O)CCN1C(=O)NC2(CCCCC2)C1=O. The molecule has 1 saturated carbocycles. The van der Waals surface area contributed by atoms with E-state index in [1.807, 2.05) is 0 Å². The van der Waals surface area contributed by atoms with Crippen LogP contribution in [0.4, 0.5) is 10.5 Å². The summed E-state index contributed by atoms with van der Waals surface area (Å²) in [5, 5.41) is 8.20. The van der Waals surface area contributed by atoms with Crippen molar-refractivity contribution in [1.29, 1.82) is 0 Å². The summed E-state index contributed by atoms with van der Waals surface area (Å²) in [5.41, 5.74) is -0.0827. The summed E-state index contributed by atoms with van der Waals surface area (Å²) in [4.78, 5) is 50.8. The molecule has 29 heavy (non-hydrogen) atoms. The van der Waals surface area contributed by atoms with Crippen molar-refractivity contribution in [2.75, 3.05) is 18.4 Å². The van der Waals surface area contributed by atoms with E-state index in [-0.39, 0.29) is 30.7 Å². The predicted octanol–water partition coefficient (Wildman–Crippen LogP) is 2.19. The number of nitrogens with zero attached hydrogens (tertiary/aromatic N) is 1. The molecule has 0 aromatic heterocycles. The first kappa shape index (κ1) is 20.6. The van der Waals surface area contributed by atoms with Crippen molar-refractivity contribution >= 4 is 29.4 Å². The van der Waals surface area contributed by atoms with E-state index in [1.165, 1.54) is 0 Å². The molecule has 1 saturated heterocycles. The van der Waals surface area contributed by atoms with E-state index < -0.39 is 11.6 Å². The zero-order valence-corrected chi connectivity index (χ0v) is 16.3. The minimum Gasteiger partial charge on any atom is -0.349 e. The van der Waals surface area contributed by atoms with Crippen LogP contribution in [-0.2, 0) is 9.59 Å². The molecule has 0 radical (unpaired) electrons. The van der Waals surface area contributed by atoms with Gasteiger partial charge in [-0.1, -0.05) is 37.5 Å². The summed E-state index contributed by atoms with van der Waals surface area (Å²) in [6, 6.07) is 6.22. The number of hydrogen-bond donors (Lipinski definition) is 3. The third-order valence-corrected chi connectivity index (χ3v) is 5.37. The lowest BCUT2D eigenvalue weighted by molar-refractivity contribution is -0.132. The van der Waals surface area contributed by atoms with Gasteiger partial charge in [-0.3, -0.25) is 19.3 Å². The summed E-state index contributed by atoms with van der Waals surface area (Å²) >= 11 is 0. The van der Waals surface area contributed by atoms with Gasteiger partial charge in [0.15, 0.2) is 0 Å². The number of hydrogen-bond acceptors (Lipinski definition) is 4. The van der Waals surface area contributed by atoms with E-state index in [0.29, 0.717) is 30.6 Å². The van der Waals surface area contributed by atoms with Crippen LogP contribution in [0, 0.1) is 0 Å². The van der Waals surface area contributed by atoms with Crippen LogP contribution in [0.3, 0.4) is 0 Å². The van der Waals surface area contributed by atoms with E-state index in [0.717, 1.165) is 24.2 Å². The lowest BCUT2D eigenvalue weighted by Crippen LogP contribution is -2.48. The van der Waals surface area contributed by atoms with Crippen molar-refractivity contribution in [3.05, 3.63) is 42.5 Å². The van der Waals surface area contributed by atoms with Crippen LogP contribution in [0.5, 0.6) is 0 Å². The predicted molar refractivity (Wildman–Crippen MR) is 108 cm³/mol. The molecule has 0 bridgehead atoms. The second-order valence-corrected chi connectivity index (χ2v) is 7.37. The Morgan fingerprint density at radius 2 is 1.90 bits per heavy atom. The maximum atomic E-state index is 12.8. The molecule has 3 N–H and O–H groups in total. The van der Waals surface area contributed by atoms with Gasteiger partial charge in [-0.05, 0) is 25.0 Å². The van der Waals surface area contributed by atoms with E-state index in [9.17, 15) is 19.2 Å². The minimum atomic E-state index is -0.790. The zero-order chi connectivity index (χ0) is 20.9. The van der Waals surface area contributed by atoms with Crippen molar-refractivity contribution in [3.63, 3.8) is 0 Å². The number of amides is 5. The Labute approximate surface area is 169 Å². The molecular weight excluding hydrogens is 372 g/mol. The number of anilines is 1. The Morgan fingerprint density at radius 3 is 2.62 bits per heavy atom. The van der Waals surface area contributed by atoms with Gasteiger partial charge in [-0.2, -0.15) is 0 Å². The molecule has 1 spiro atoms. The molecule has 1 aliphatic carbocycles. The van der Waals surface area contributed by atoms with Gasteiger partial charge in [0.1, 0.15) is 5.54 Å². The highest BCUT2D eigenvalue weighted by atomic mass is 16.2. The number of carbonyl (C=O) groups is 4. The number of urea groups is 1. The Morgan fingerprint density at radius 1 is 1.17 bits per heavy atom. The van der Waals surface area contributed by atoms with Gasteiger partial charge in [0.2, 0.25) is 5.91 Å². The van der Waals surface area contributed by atoms with Gasteiger partial charge in [-0.25, -0.2) is 4.79 Å². The second kappa shape index (κ2) is 8.89. The standard InChI is InChI=1S/C21H26N4O4/c1-2-13-22-18(27)15-8-4-5-9-16(15)23-17(26)10-14-25-19(28)21(24-20(25)29)11-6-3-7-12-21/h2,4-5,8-9H,1,3,6-7,10-14H2,(H,22,27)(H,23,26)(H,24,29). The van der Waals surface area contributed by atoms with Gasteiger partial charge >= 0.3 is 6.03 Å². The van der Waals surface area contributed by atoms with E-state index in [2.05, 4.69) is 22.5 Å². The molecule has 5 amide bonds. The van der Waals surface area contributed by atoms with Gasteiger partial charge < -0.3 is 16.0 Å². The first-order valence-electron chi connectivity index (χ1n) is 9.89. The molecule has 8 heteroatoms. The number of nitrogens with one attached hydrogen (secondary N) is 3. The molecule has 1 heterocycles. The first-order valence-corrected chi connectivity index (χ1v) is 9.89. The van der Waals surface area contributed by atoms with Gasteiger partial charge in [0, 0.05) is 19.5 Å². The monoisotopic (exact) mass is 398 g/mol. The van der Waals surface area contributed by atoms with Crippen LogP contribution < -0.4 is 16.0 Å². The molecule has 3 rings (SSSR count). The molecule has 2 fully saturated rings. The van der Waals surface area contributed by atoms with Crippen molar-refractivity contribution in [3.8, 4) is 0 Å². The van der Waals surface area contributed by atoms with E-state index >= 15 is 0 Å². The van der Waals surface area contributed by atoms with Gasteiger partial charge in [0.05, 0.1) is 11.3 Å². The third-order valence-electron chi connectivity index (χ3n) is 5.37. The lowest BCUT2D eigenvalue weighted by atomic mass is 9.82. The molecule has 2 aliphatic rings. The largest absolute Gasteiger partial charge is 0.349 e. The van der Waals surface area contributed by atoms with Crippen molar-refractivity contribution in [2.24, 2.45) is 0 Å². The Bertz CT molecular complexity index is 830. The van der Waals surface area contributed by atoms with E-state index in [1.54, 1.807) is 30.3 Å². The van der Waals surface area contributed by atoms with E-state index in [4.69, 9.17) is 0 Å². The highest BCUT2D eigenvalue weighted by molar-refractivity contribution is 6.08. The highest BCUT2D eigenvalue weighted by Gasteiger charge is 2.51. The van der Waals surface area contributed by atoms with Crippen LogP contribution in [-0.4, -0.2) is 47.3 Å². The molecule has 1 aromatic carbocycles. The second-order valence-electron chi connectivity index (χ2n) is 7.37. The Kier molecular flexibility index (Phi) is 6.31. The molecule has 8 nitrogen and oxygen atoms in total. The smallest absolute Gasteiger partial charge is 0.325 e. The summed E-state index contributed by atoms with van der Waals surface area (Å²) in [7, 11) is 0. The zero-order valence-electron chi connectivity index (χ0n) is 16.3. The molecular formula is C21H26N4O4. The van der Waals surface area contributed by atoms with Crippen LogP contribution in [0.2, 0.25) is 0 Å². The minimum absolute atomic E-state index is 0.00305. The van der Waals surface area contributed by atoms with Gasteiger partial charge in [-0.15, -0.1) is 6.58 Å². The van der Waals surface area contributed by atoms with Crippen LogP contribution in [0.25, 0.3) is 0 Å². The average Bonchev–Trinajstić information content (AvgIpc) is 2.94. The summed E-state index contributed by atoms with van der Waals surface area (Å²) in [6.45, 7) is 3.87. The third kappa shape index (κ3) is 4.47. The maximum Gasteiger partial charge on any atom is 0.325 e. The normalized spacial score (nSPS) is 17.7. The highest BCUT2D eigenvalue weighted by Crippen LogP contribution is 2.33. The fourth-order valence-corrected chi connectivity index (χ4v) is 3.85. The van der Waals surface area contributed by atoms with Crippen molar-refractivity contribution in [1.82, 2.24) is 15.5 Å². The molecule has 0 atom stereocenters. The first-order chi connectivity index (χ1) is 14.0. The lowest BCUT2D eigenvalue weighted by Gasteiger charge is -2.30. The summed E-state index contributed by atoms with van der Waals surface area (Å²) < 4.78 is 0. The Hall–Kier alpha value is -3.16. The van der Waals surface area contributed by atoms with Crippen molar-refractivity contribution < 1.29 is 19.2 Å². The van der Waals surface area contributed by atoms with Crippen molar-refractivity contribution in [2.45, 2.75) is 44.1 Å². The molecule has 154 valence electrons. The maximum absolute atomic E-state index is 12.8. The van der Waals surface area contributed by atoms with Crippen LogP contribution >= 0.6 is 0 Å². The van der Waals surface area contributed by atoms with Gasteiger partial charge in [0.25, 0.3) is 11.8 Å². The fourth-order valence-electron chi connectivity index (χ4n) is 3.85. The van der Waals surface area contributed by atoms with Crippen LogP contribution in [0.15, 0.2) is 36.9 Å². The fraction of sp³-hybridized carbons (Fsp3) is 0.429. The van der Waals surface area contributed by atoms with Crippen LogP contribution in [0.1, 0.15) is 48.9 Å².